The molecule has 0 saturated heterocycles. The Bertz CT molecular complexity index is 1180. The van der Waals surface area contributed by atoms with Crippen molar-refractivity contribution in [2.24, 2.45) is 0 Å². The molecule has 1 N–H and O–H groups in total. The van der Waals surface area contributed by atoms with Gasteiger partial charge in [-0.05, 0) is 37.3 Å². The lowest BCUT2D eigenvalue weighted by Gasteiger charge is -2.10. The number of hydrogen-bond acceptors (Lipinski definition) is 6. The molecule has 30 heavy (non-hydrogen) atoms. The number of nitrogens with zero attached hydrogens (tertiary/aromatic N) is 2. The van der Waals surface area contributed by atoms with Gasteiger partial charge < -0.3 is 19.2 Å². The summed E-state index contributed by atoms with van der Waals surface area (Å²) in [4.78, 5) is 21.0. The number of carbonyl (C=O) groups is 1. The van der Waals surface area contributed by atoms with Crippen molar-refractivity contribution in [3.05, 3.63) is 71.7 Å². The number of methoxy groups -OCH3 is 1. The molecule has 0 aliphatic rings. The van der Waals surface area contributed by atoms with Crippen molar-refractivity contribution in [2.75, 3.05) is 12.4 Å². The number of benzene rings is 2. The van der Waals surface area contributed by atoms with Crippen molar-refractivity contribution in [1.82, 2.24) is 9.97 Å². The van der Waals surface area contributed by atoms with Crippen LogP contribution in [0.25, 0.3) is 11.0 Å². The lowest BCUT2D eigenvalue weighted by Crippen LogP contribution is -2.13. The first-order chi connectivity index (χ1) is 14.6. The Labute approximate surface area is 173 Å². The van der Waals surface area contributed by atoms with E-state index in [4.69, 9.17) is 13.9 Å². The van der Waals surface area contributed by atoms with Crippen LogP contribution in [-0.4, -0.2) is 23.0 Å². The maximum atomic E-state index is 12.8. The molecule has 7 nitrogen and oxygen atoms in total. The van der Waals surface area contributed by atoms with Crippen LogP contribution in [0.1, 0.15) is 28.6 Å². The standard InChI is InChI=1S/C23H21N3O4/c1-4-16-11-18-19(29-16)9-15(10-20(18)30-17-7-5-14(2)6-8-17)23(27)26-21-12-25-22(28-3)13-24-21/h5-13H,4H2,1-3H3,(H,24,26,27). The summed E-state index contributed by atoms with van der Waals surface area (Å²) in [6.07, 6.45) is 3.60. The summed E-state index contributed by atoms with van der Waals surface area (Å²) < 4.78 is 17.0. The number of aryl methyl sites for hydroxylation is 2. The number of amides is 1. The van der Waals surface area contributed by atoms with Gasteiger partial charge in [0.15, 0.2) is 5.82 Å². The summed E-state index contributed by atoms with van der Waals surface area (Å²) >= 11 is 0. The molecule has 0 fully saturated rings. The highest BCUT2D eigenvalue weighted by Gasteiger charge is 2.16. The number of furan rings is 1. The number of fused-ring (bicyclic) bond motifs is 1. The molecule has 2 heterocycles. The molecule has 0 spiro atoms. The highest BCUT2D eigenvalue weighted by atomic mass is 16.5. The second kappa shape index (κ2) is 8.24. The zero-order valence-electron chi connectivity index (χ0n) is 16.9. The van der Waals surface area contributed by atoms with E-state index in [-0.39, 0.29) is 5.91 Å². The van der Waals surface area contributed by atoms with E-state index in [0.717, 1.165) is 23.1 Å². The van der Waals surface area contributed by atoms with Crippen molar-refractivity contribution in [3.63, 3.8) is 0 Å². The molecule has 7 heteroatoms. The van der Waals surface area contributed by atoms with Gasteiger partial charge in [-0.15, -0.1) is 0 Å². The van der Waals surface area contributed by atoms with E-state index in [2.05, 4.69) is 15.3 Å². The van der Waals surface area contributed by atoms with Crippen molar-refractivity contribution in [3.8, 4) is 17.4 Å². The van der Waals surface area contributed by atoms with Crippen molar-refractivity contribution >= 4 is 22.7 Å². The largest absolute Gasteiger partial charge is 0.480 e. The molecule has 0 aliphatic carbocycles. The lowest BCUT2D eigenvalue weighted by atomic mass is 10.1. The van der Waals surface area contributed by atoms with Crippen LogP contribution in [0.15, 0.2) is 59.3 Å². The third-order valence-corrected chi connectivity index (χ3v) is 4.59. The van der Waals surface area contributed by atoms with Crippen LogP contribution in [0.5, 0.6) is 17.4 Å². The summed E-state index contributed by atoms with van der Waals surface area (Å²) in [5, 5.41) is 3.54. The molecule has 4 rings (SSSR count). The minimum atomic E-state index is -0.348. The molecule has 0 aliphatic heterocycles. The Morgan fingerprint density at radius 3 is 2.57 bits per heavy atom. The van der Waals surface area contributed by atoms with Gasteiger partial charge in [0.1, 0.15) is 22.8 Å². The predicted octanol–water partition coefficient (Wildman–Crippen LogP) is 5.15. The van der Waals surface area contributed by atoms with Gasteiger partial charge in [-0.2, -0.15) is 0 Å². The van der Waals surface area contributed by atoms with Gasteiger partial charge in [0, 0.05) is 12.0 Å². The highest BCUT2D eigenvalue weighted by Crippen LogP contribution is 2.34. The first-order valence-electron chi connectivity index (χ1n) is 9.54. The van der Waals surface area contributed by atoms with Crippen molar-refractivity contribution in [1.29, 1.82) is 0 Å². The van der Waals surface area contributed by atoms with Crippen LogP contribution in [0.2, 0.25) is 0 Å². The number of rotatable bonds is 6. The van der Waals surface area contributed by atoms with Crippen LogP contribution < -0.4 is 14.8 Å². The zero-order chi connectivity index (χ0) is 21.1. The number of aromatic nitrogens is 2. The van der Waals surface area contributed by atoms with E-state index in [1.54, 1.807) is 12.1 Å². The SMILES string of the molecule is CCc1cc2c(Oc3ccc(C)cc3)cc(C(=O)Nc3cnc(OC)cn3)cc2o1. The van der Waals surface area contributed by atoms with E-state index in [0.29, 0.717) is 34.3 Å². The monoisotopic (exact) mass is 403 g/mol. The molecule has 0 radical (unpaired) electrons. The molecule has 4 aromatic rings. The fraction of sp³-hybridized carbons (Fsp3) is 0.174. The van der Waals surface area contributed by atoms with Gasteiger partial charge in [-0.25, -0.2) is 9.97 Å². The molecule has 1 amide bonds. The van der Waals surface area contributed by atoms with E-state index in [9.17, 15) is 4.79 Å². The predicted molar refractivity (Wildman–Crippen MR) is 113 cm³/mol. The Morgan fingerprint density at radius 2 is 1.90 bits per heavy atom. The zero-order valence-corrected chi connectivity index (χ0v) is 16.9. The molecule has 2 aromatic heterocycles. The van der Waals surface area contributed by atoms with Crippen LogP contribution in [0.4, 0.5) is 5.82 Å². The van der Waals surface area contributed by atoms with Crippen LogP contribution >= 0.6 is 0 Å². The molecule has 2 aromatic carbocycles. The third kappa shape index (κ3) is 4.10. The molecule has 0 bridgehead atoms. The number of ether oxygens (including phenoxy) is 2. The van der Waals surface area contributed by atoms with E-state index < -0.39 is 0 Å². The van der Waals surface area contributed by atoms with Crippen LogP contribution in [0, 0.1) is 6.92 Å². The number of nitrogens with one attached hydrogen (secondary N) is 1. The van der Waals surface area contributed by atoms with E-state index in [1.807, 2.05) is 44.2 Å². The first-order valence-corrected chi connectivity index (χ1v) is 9.54. The van der Waals surface area contributed by atoms with Gasteiger partial charge in [-0.3, -0.25) is 4.79 Å². The second-order valence-electron chi connectivity index (χ2n) is 6.77. The Hall–Kier alpha value is -3.87. The average Bonchev–Trinajstić information content (AvgIpc) is 3.19. The van der Waals surface area contributed by atoms with Crippen LogP contribution in [0.3, 0.4) is 0 Å². The van der Waals surface area contributed by atoms with Gasteiger partial charge in [0.25, 0.3) is 5.91 Å². The molecule has 152 valence electrons. The van der Waals surface area contributed by atoms with Gasteiger partial charge in [0.2, 0.25) is 5.88 Å². The van der Waals surface area contributed by atoms with Gasteiger partial charge >= 0.3 is 0 Å². The second-order valence-corrected chi connectivity index (χ2v) is 6.77. The van der Waals surface area contributed by atoms with Gasteiger partial charge in [0.05, 0.1) is 24.9 Å². The topological polar surface area (TPSA) is 86.5 Å². The molecular formula is C23H21N3O4. The fourth-order valence-electron chi connectivity index (χ4n) is 2.96. The lowest BCUT2D eigenvalue weighted by molar-refractivity contribution is 0.102. The summed E-state index contributed by atoms with van der Waals surface area (Å²) in [7, 11) is 1.50. The van der Waals surface area contributed by atoms with Crippen LogP contribution in [-0.2, 0) is 6.42 Å². The highest BCUT2D eigenvalue weighted by molar-refractivity contribution is 6.06. The Balaban J connectivity index is 1.68. The fourth-order valence-corrected chi connectivity index (χ4v) is 2.96. The minimum Gasteiger partial charge on any atom is -0.480 e. The molecular weight excluding hydrogens is 382 g/mol. The summed E-state index contributed by atoms with van der Waals surface area (Å²) in [6.45, 7) is 4.02. The van der Waals surface area contributed by atoms with E-state index in [1.165, 1.54) is 19.5 Å². The van der Waals surface area contributed by atoms with E-state index >= 15 is 0 Å². The quantitative estimate of drug-likeness (QED) is 0.479. The normalized spacial score (nSPS) is 10.8. The Morgan fingerprint density at radius 1 is 1.10 bits per heavy atom. The number of hydrogen-bond donors (Lipinski definition) is 1. The summed E-state index contributed by atoms with van der Waals surface area (Å²) in [6, 6.07) is 13.1. The smallest absolute Gasteiger partial charge is 0.257 e. The van der Waals surface area contributed by atoms with Crippen molar-refractivity contribution in [2.45, 2.75) is 20.3 Å². The molecule has 0 unspecified atom stereocenters. The molecule has 0 saturated carbocycles. The molecule has 0 atom stereocenters. The maximum Gasteiger partial charge on any atom is 0.257 e. The Kier molecular flexibility index (Phi) is 5.34. The summed E-state index contributed by atoms with van der Waals surface area (Å²) in [5.74, 6) is 2.38. The van der Waals surface area contributed by atoms with Crippen molar-refractivity contribution < 1.29 is 18.7 Å². The third-order valence-electron chi connectivity index (χ3n) is 4.59. The number of carbonyl (C=O) groups excluding carboxylic acids is 1. The maximum absolute atomic E-state index is 12.8. The minimum absolute atomic E-state index is 0.315. The van der Waals surface area contributed by atoms with Gasteiger partial charge in [-0.1, -0.05) is 24.6 Å². The first kappa shape index (κ1) is 19.4. The number of anilines is 1. The average molecular weight is 403 g/mol. The summed E-state index contributed by atoms with van der Waals surface area (Å²) in [5.41, 5.74) is 2.11.